The van der Waals surface area contributed by atoms with Gasteiger partial charge in [0.05, 0.1) is 17.1 Å². The summed E-state index contributed by atoms with van der Waals surface area (Å²) in [5.74, 6) is 0.0642. The van der Waals surface area contributed by atoms with Crippen LogP contribution in [0.15, 0.2) is 60.1 Å². The number of rotatable bonds is 6. The molecule has 0 atom stereocenters. The molecule has 4 rings (SSSR count). The van der Waals surface area contributed by atoms with Crippen molar-refractivity contribution in [3.05, 3.63) is 65.7 Å². The Labute approximate surface area is 192 Å². The van der Waals surface area contributed by atoms with Crippen LogP contribution >= 0.6 is 11.3 Å². The molecule has 3 aromatic rings. The molecule has 32 heavy (non-hydrogen) atoms. The molecule has 0 unspecified atom stereocenters. The van der Waals surface area contributed by atoms with Crippen LogP contribution in [0.2, 0.25) is 0 Å². The molecule has 0 spiro atoms. The van der Waals surface area contributed by atoms with Gasteiger partial charge in [-0.1, -0.05) is 24.3 Å². The van der Waals surface area contributed by atoms with Crippen LogP contribution in [0.1, 0.15) is 5.56 Å². The molecular weight excluding hydrogens is 422 g/mol. The first-order valence-corrected chi connectivity index (χ1v) is 11.5. The van der Waals surface area contributed by atoms with E-state index >= 15 is 0 Å². The molecule has 0 radical (unpaired) electrons. The number of likely N-dealkylation sites (N-methyl/N-ethyl adjacent to an activating group) is 1. The molecule has 2 aromatic heterocycles. The van der Waals surface area contributed by atoms with Gasteiger partial charge in [-0.25, -0.2) is 4.68 Å². The molecule has 1 saturated heterocycles. The van der Waals surface area contributed by atoms with Gasteiger partial charge in [-0.05, 0) is 29.7 Å². The Morgan fingerprint density at radius 1 is 1.06 bits per heavy atom. The van der Waals surface area contributed by atoms with E-state index in [4.69, 9.17) is 5.10 Å². The van der Waals surface area contributed by atoms with Gasteiger partial charge < -0.3 is 9.80 Å². The summed E-state index contributed by atoms with van der Waals surface area (Å²) in [6.45, 7) is 3.03. The van der Waals surface area contributed by atoms with Crippen molar-refractivity contribution in [2.24, 2.45) is 0 Å². The summed E-state index contributed by atoms with van der Waals surface area (Å²) in [5.41, 5.74) is 2.74. The Bertz CT molecular complexity index is 1080. The normalized spacial score (nSPS) is 14.8. The number of thiophene rings is 1. The summed E-state index contributed by atoms with van der Waals surface area (Å²) in [4.78, 5) is 31.3. The number of aromatic nitrogens is 2. The standard InChI is InChI=1S/C24H27N5O2S/c1-26(2)23(31)18-27-12-14-28(15-13-27)22(30)11-10-19-17-29(20-7-4-3-5-8-20)25-24(19)21-9-6-16-32-21/h3-11,16-17H,12-15,18H2,1-2H3/b11-10+. The molecular formula is C24H27N5O2S. The minimum Gasteiger partial charge on any atom is -0.348 e. The highest BCUT2D eigenvalue weighted by Crippen LogP contribution is 2.28. The van der Waals surface area contributed by atoms with Crippen LogP contribution in [0, 0.1) is 0 Å². The number of hydrogen-bond donors (Lipinski definition) is 0. The Hall–Kier alpha value is -3.23. The largest absolute Gasteiger partial charge is 0.348 e. The summed E-state index contributed by atoms with van der Waals surface area (Å²) in [6.07, 6.45) is 5.44. The average Bonchev–Trinajstić information content (AvgIpc) is 3.48. The second-order valence-corrected chi connectivity index (χ2v) is 8.86. The molecule has 1 aromatic carbocycles. The zero-order valence-corrected chi connectivity index (χ0v) is 19.2. The maximum Gasteiger partial charge on any atom is 0.246 e. The van der Waals surface area contributed by atoms with Crippen molar-refractivity contribution in [2.45, 2.75) is 0 Å². The van der Waals surface area contributed by atoms with Crippen LogP contribution in [0.3, 0.4) is 0 Å². The number of nitrogens with zero attached hydrogens (tertiary/aromatic N) is 5. The first kappa shape index (κ1) is 22.0. The number of benzene rings is 1. The SMILES string of the molecule is CN(C)C(=O)CN1CCN(C(=O)/C=C/c2cn(-c3ccccc3)nc2-c2cccs2)CC1. The zero-order chi connectivity index (χ0) is 22.5. The lowest BCUT2D eigenvalue weighted by molar-refractivity contribution is -0.131. The fourth-order valence-electron chi connectivity index (χ4n) is 3.55. The van der Waals surface area contributed by atoms with E-state index < -0.39 is 0 Å². The van der Waals surface area contributed by atoms with Gasteiger partial charge in [-0.15, -0.1) is 11.3 Å². The number of carbonyl (C=O) groups excluding carboxylic acids is 2. The molecule has 0 aliphatic carbocycles. The predicted octanol–water partition coefficient (Wildman–Crippen LogP) is 2.85. The molecule has 0 saturated carbocycles. The van der Waals surface area contributed by atoms with E-state index in [0.717, 1.165) is 21.8 Å². The molecule has 2 amide bonds. The highest BCUT2D eigenvalue weighted by molar-refractivity contribution is 7.13. The third kappa shape index (κ3) is 5.15. The minimum absolute atomic E-state index is 0.0202. The van der Waals surface area contributed by atoms with Crippen molar-refractivity contribution >= 4 is 29.2 Å². The molecule has 1 aliphatic rings. The lowest BCUT2D eigenvalue weighted by Gasteiger charge is -2.34. The van der Waals surface area contributed by atoms with Crippen molar-refractivity contribution < 1.29 is 9.59 Å². The minimum atomic E-state index is -0.0202. The van der Waals surface area contributed by atoms with Crippen LogP contribution in [-0.4, -0.2) is 83.1 Å². The average molecular weight is 450 g/mol. The topological polar surface area (TPSA) is 61.7 Å². The van der Waals surface area contributed by atoms with Gasteiger partial charge in [0, 0.05) is 58.1 Å². The number of piperazine rings is 1. The lowest BCUT2D eigenvalue weighted by atomic mass is 10.2. The first-order chi connectivity index (χ1) is 15.5. The molecule has 7 nitrogen and oxygen atoms in total. The van der Waals surface area contributed by atoms with E-state index in [0.29, 0.717) is 32.7 Å². The van der Waals surface area contributed by atoms with E-state index in [2.05, 4.69) is 4.90 Å². The summed E-state index contributed by atoms with van der Waals surface area (Å²) in [5, 5.41) is 6.80. The molecule has 3 heterocycles. The lowest BCUT2D eigenvalue weighted by Crippen LogP contribution is -2.50. The van der Waals surface area contributed by atoms with Crippen LogP contribution in [-0.2, 0) is 9.59 Å². The van der Waals surface area contributed by atoms with Crippen molar-refractivity contribution in [2.75, 3.05) is 46.8 Å². The van der Waals surface area contributed by atoms with E-state index in [1.165, 1.54) is 0 Å². The fourth-order valence-corrected chi connectivity index (χ4v) is 4.28. The molecule has 0 N–H and O–H groups in total. The van der Waals surface area contributed by atoms with Crippen molar-refractivity contribution in [3.63, 3.8) is 0 Å². The van der Waals surface area contributed by atoms with Gasteiger partial charge in [0.2, 0.25) is 11.8 Å². The van der Waals surface area contributed by atoms with Gasteiger partial charge >= 0.3 is 0 Å². The summed E-state index contributed by atoms with van der Waals surface area (Å²) in [7, 11) is 3.52. The smallest absolute Gasteiger partial charge is 0.246 e. The summed E-state index contributed by atoms with van der Waals surface area (Å²) >= 11 is 1.63. The number of para-hydroxylation sites is 1. The van der Waals surface area contributed by atoms with Crippen molar-refractivity contribution in [3.8, 4) is 16.3 Å². The van der Waals surface area contributed by atoms with Gasteiger partial charge in [-0.3, -0.25) is 14.5 Å². The molecule has 8 heteroatoms. The number of carbonyl (C=O) groups is 2. The number of amides is 2. The second-order valence-electron chi connectivity index (χ2n) is 7.91. The second kappa shape index (κ2) is 9.93. The maximum absolute atomic E-state index is 12.8. The van der Waals surface area contributed by atoms with Gasteiger partial charge in [0.1, 0.15) is 5.69 Å². The Kier molecular flexibility index (Phi) is 6.82. The van der Waals surface area contributed by atoms with E-state index in [1.807, 2.05) is 69.7 Å². The quantitative estimate of drug-likeness (QED) is 0.543. The van der Waals surface area contributed by atoms with Crippen LogP contribution in [0.5, 0.6) is 0 Å². The van der Waals surface area contributed by atoms with Gasteiger partial charge in [0.25, 0.3) is 0 Å². The summed E-state index contributed by atoms with van der Waals surface area (Å²) < 4.78 is 1.85. The highest BCUT2D eigenvalue weighted by Gasteiger charge is 2.22. The van der Waals surface area contributed by atoms with E-state index in [-0.39, 0.29) is 11.8 Å². The van der Waals surface area contributed by atoms with E-state index in [9.17, 15) is 9.59 Å². The highest BCUT2D eigenvalue weighted by atomic mass is 32.1. The Morgan fingerprint density at radius 2 is 1.81 bits per heavy atom. The fraction of sp³-hybridized carbons (Fsp3) is 0.292. The zero-order valence-electron chi connectivity index (χ0n) is 18.3. The van der Waals surface area contributed by atoms with Crippen LogP contribution in [0.4, 0.5) is 0 Å². The third-order valence-corrected chi connectivity index (χ3v) is 6.34. The first-order valence-electron chi connectivity index (χ1n) is 10.6. The molecule has 1 fully saturated rings. The molecule has 1 aliphatic heterocycles. The van der Waals surface area contributed by atoms with Crippen LogP contribution < -0.4 is 0 Å². The van der Waals surface area contributed by atoms with Gasteiger partial charge in [-0.2, -0.15) is 5.10 Å². The molecule has 0 bridgehead atoms. The van der Waals surface area contributed by atoms with E-state index in [1.54, 1.807) is 36.4 Å². The summed E-state index contributed by atoms with van der Waals surface area (Å²) in [6, 6.07) is 14.0. The Morgan fingerprint density at radius 3 is 2.47 bits per heavy atom. The van der Waals surface area contributed by atoms with Gasteiger partial charge in [0.15, 0.2) is 0 Å². The predicted molar refractivity (Wildman–Crippen MR) is 128 cm³/mol. The van der Waals surface area contributed by atoms with Crippen molar-refractivity contribution in [1.29, 1.82) is 0 Å². The van der Waals surface area contributed by atoms with Crippen LogP contribution in [0.25, 0.3) is 22.3 Å². The Balaban J connectivity index is 1.45. The monoisotopic (exact) mass is 449 g/mol. The van der Waals surface area contributed by atoms with Crippen molar-refractivity contribution in [1.82, 2.24) is 24.5 Å². The maximum atomic E-state index is 12.8. The third-order valence-electron chi connectivity index (χ3n) is 5.46. The number of hydrogen-bond acceptors (Lipinski definition) is 5. The molecule has 166 valence electrons.